The van der Waals surface area contributed by atoms with Crippen molar-refractivity contribution in [1.29, 1.82) is 0 Å². The lowest BCUT2D eigenvalue weighted by Gasteiger charge is -2.34. The van der Waals surface area contributed by atoms with E-state index < -0.39 is 47.6 Å². The van der Waals surface area contributed by atoms with Gasteiger partial charge in [0, 0.05) is 5.92 Å². The van der Waals surface area contributed by atoms with E-state index >= 15 is 0 Å². The quantitative estimate of drug-likeness (QED) is 0.666. The van der Waals surface area contributed by atoms with Crippen molar-refractivity contribution in [3.05, 3.63) is 61.2 Å². The number of alkyl carbamates (subject to hydrolysis) is 1. The number of carboxylic acids is 1. The Morgan fingerprint density at radius 2 is 1.83 bits per heavy atom. The molecule has 2 amide bonds. The van der Waals surface area contributed by atoms with Gasteiger partial charge in [0.1, 0.15) is 17.7 Å². The molecule has 1 aromatic carbocycles. The number of rotatable bonds is 7. The molecular formula is C23H30N2O5. The van der Waals surface area contributed by atoms with Gasteiger partial charge in [-0.2, -0.15) is 0 Å². The molecule has 7 nitrogen and oxygen atoms in total. The maximum absolute atomic E-state index is 13.6. The molecule has 7 heteroatoms. The fourth-order valence-corrected chi connectivity index (χ4v) is 3.67. The maximum Gasteiger partial charge on any atom is 0.408 e. The smallest absolute Gasteiger partial charge is 0.408 e. The van der Waals surface area contributed by atoms with Crippen LogP contribution in [0.15, 0.2) is 55.6 Å². The zero-order chi connectivity index (χ0) is 22.5. The summed E-state index contributed by atoms with van der Waals surface area (Å²) in [6.45, 7) is 12.8. The molecule has 0 spiro atoms. The van der Waals surface area contributed by atoms with Crippen LogP contribution in [0, 0.1) is 0 Å². The van der Waals surface area contributed by atoms with Crippen LogP contribution in [-0.2, 0) is 14.3 Å². The Hall–Kier alpha value is -3.09. The van der Waals surface area contributed by atoms with Crippen LogP contribution in [0.4, 0.5) is 4.79 Å². The maximum atomic E-state index is 13.6. The van der Waals surface area contributed by atoms with Crippen LogP contribution in [0.25, 0.3) is 0 Å². The summed E-state index contributed by atoms with van der Waals surface area (Å²) in [5.41, 5.74) is 0.0118. The minimum absolute atomic E-state index is 0.320. The van der Waals surface area contributed by atoms with E-state index in [0.717, 1.165) is 5.56 Å². The number of carbonyl (C=O) groups is 3. The first kappa shape index (κ1) is 23.2. The number of aliphatic carboxylic acids is 1. The molecule has 4 atom stereocenters. The topological polar surface area (TPSA) is 95.9 Å². The van der Waals surface area contributed by atoms with Gasteiger partial charge in [-0.25, -0.2) is 9.59 Å². The summed E-state index contributed by atoms with van der Waals surface area (Å²) in [6, 6.07) is 6.65. The molecule has 2 N–H and O–H groups in total. The van der Waals surface area contributed by atoms with Crippen LogP contribution in [-0.4, -0.2) is 51.7 Å². The highest BCUT2D eigenvalue weighted by molar-refractivity contribution is 5.91. The van der Waals surface area contributed by atoms with Gasteiger partial charge in [-0.15, -0.1) is 13.2 Å². The number of likely N-dealkylation sites (tertiary alicyclic amines) is 1. The Balaban J connectivity index is 2.44. The van der Waals surface area contributed by atoms with Gasteiger partial charge in [0.25, 0.3) is 0 Å². The van der Waals surface area contributed by atoms with Crippen molar-refractivity contribution in [3.8, 4) is 0 Å². The van der Waals surface area contributed by atoms with E-state index in [1.807, 2.05) is 30.3 Å². The van der Waals surface area contributed by atoms with Crippen molar-refractivity contribution < 1.29 is 24.2 Å². The average molecular weight is 415 g/mol. The van der Waals surface area contributed by atoms with E-state index in [9.17, 15) is 19.5 Å². The summed E-state index contributed by atoms with van der Waals surface area (Å²) < 4.78 is 5.35. The molecule has 2 rings (SSSR count). The van der Waals surface area contributed by atoms with Gasteiger partial charge >= 0.3 is 12.1 Å². The number of nitrogens with zero attached hydrogens (tertiary/aromatic N) is 1. The second-order valence-corrected chi connectivity index (χ2v) is 8.28. The van der Waals surface area contributed by atoms with Crippen LogP contribution in [0.2, 0.25) is 0 Å². The Morgan fingerprint density at radius 1 is 1.20 bits per heavy atom. The molecular weight excluding hydrogens is 384 g/mol. The first-order chi connectivity index (χ1) is 14.1. The van der Waals surface area contributed by atoms with Crippen molar-refractivity contribution in [2.45, 2.75) is 63.3 Å². The van der Waals surface area contributed by atoms with E-state index in [1.165, 1.54) is 4.90 Å². The van der Waals surface area contributed by atoms with Crippen LogP contribution < -0.4 is 5.32 Å². The molecule has 30 heavy (non-hydrogen) atoms. The van der Waals surface area contributed by atoms with Crippen molar-refractivity contribution >= 4 is 18.0 Å². The fraction of sp³-hybridized carbons (Fsp3) is 0.435. The molecule has 1 saturated heterocycles. The van der Waals surface area contributed by atoms with Gasteiger partial charge in [0.2, 0.25) is 5.91 Å². The molecule has 0 bridgehead atoms. The number of hydrogen-bond acceptors (Lipinski definition) is 4. The SMILES string of the molecule is C=C[C@@H](c1ccccc1)[C@H](NC(=O)OC(C)(C)C)C(=O)N1[C@@H](C=C)CC[C@H]1C(=O)O. The van der Waals surface area contributed by atoms with Crippen LogP contribution in [0.3, 0.4) is 0 Å². The number of ether oxygens (including phenoxy) is 1. The normalized spacial score (nSPS) is 20.7. The monoisotopic (exact) mass is 414 g/mol. The molecule has 0 saturated carbocycles. The van der Waals surface area contributed by atoms with Gasteiger partial charge in [-0.3, -0.25) is 4.79 Å². The van der Waals surface area contributed by atoms with Gasteiger partial charge in [-0.1, -0.05) is 42.5 Å². The van der Waals surface area contributed by atoms with E-state index in [-0.39, 0.29) is 0 Å². The molecule has 1 aliphatic heterocycles. The highest BCUT2D eigenvalue weighted by Crippen LogP contribution is 2.30. The van der Waals surface area contributed by atoms with Crippen molar-refractivity contribution in [3.63, 3.8) is 0 Å². The van der Waals surface area contributed by atoms with E-state index in [2.05, 4.69) is 18.5 Å². The van der Waals surface area contributed by atoms with Gasteiger partial charge < -0.3 is 20.1 Å². The minimum atomic E-state index is -1.08. The Kier molecular flexibility index (Phi) is 7.43. The van der Waals surface area contributed by atoms with Gasteiger partial charge in [0.05, 0.1) is 6.04 Å². The molecule has 1 heterocycles. The van der Waals surface area contributed by atoms with Crippen LogP contribution in [0.5, 0.6) is 0 Å². The Morgan fingerprint density at radius 3 is 2.33 bits per heavy atom. The largest absolute Gasteiger partial charge is 0.480 e. The Bertz CT molecular complexity index is 800. The van der Waals surface area contributed by atoms with Crippen molar-refractivity contribution in [2.75, 3.05) is 0 Å². The second kappa shape index (κ2) is 9.61. The molecule has 1 aromatic rings. The summed E-state index contributed by atoms with van der Waals surface area (Å²) in [7, 11) is 0. The summed E-state index contributed by atoms with van der Waals surface area (Å²) in [6.07, 6.45) is 3.20. The van der Waals surface area contributed by atoms with E-state index in [1.54, 1.807) is 32.9 Å². The molecule has 0 unspecified atom stereocenters. The molecule has 0 radical (unpaired) electrons. The number of amides is 2. The molecule has 0 aromatic heterocycles. The summed E-state index contributed by atoms with van der Waals surface area (Å²) >= 11 is 0. The number of nitrogens with one attached hydrogen (secondary N) is 1. The highest BCUT2D eigenvalue weighted by atomic mass is 16.6. The third-order valence-corrected chi connectivity index (χ3v) is 4.98. The van der Waals surface area contributed by atoms with E-state index in [0.29, 0.717) is 12.8 Å². The van der Waals surface area contributed by atoms with Gasteiger partial charge in [0.15, 0.2) is 0 Å². The highest BCUT2D eigenvalue weighted by Gasteiger charge is 2.44. The zero-order valence-corrected chi connectivity index (χ0v) is 17.7. The van der Waals surface area contributed by atoms with Crippen LogP contribution in [0.1, 0.15) is 45.1 Å². The lowest BCUT2D eigenvalue weighted by Crippen LogP contribution is -2.56. The first-order valence-corrected chi connectivity index (χ1v) is 9.93. The summed E-state index contributed by atoms with van der Waals surface area (Å²) in [5.74, 6) is -2.17. The lowest BCUT2D eigenvalue weighted by atomic mass is 9.90. The Labute approximate surface area is 177 Å². The average Bonchev–Trinajstić information content (AvgIpc) is 3.11. The molecule has 1 aliphatic rings. The summed E-state index contributed by atoms with van der Waals surface area (Å²) in [5, 5.41) is 12.3. The molecule has 1 fully saturated rings. The van der Waals surface area contributed by atoms with Crippen LogP contribution >= 0.6 is 0 Å². The zero-order valence-electron chi connectivity index (χ0n) is 17.7. The van der Waals surface area contributed by atoms with Gasteiger partial charge in [-0.05, 0) is 39.2 Å². The lowest BCUT2D eigenvalue weighted by molar-refractivity contribution is -0.150. The second-order valence-electron chi connectivity index (χ2n) is 8.28. The summed E-state index contributed by atoms with van der Waals surface area (Å²) in [4.78, 5) is 39.2. The molecule has 162 valence electrons. The predicted molar refractivity (Wildman–Crippen MR) is 114 cm³/mol. The third-order valence-electron chi connectivity index (χ3n) is 4.98. The van der Waals surface area contributed by atoms with Crippen molar-refractivity contribution in [1.82, 2.24) is 10.2 Å². The fourth-order valence-electron chi connectivity index (χ4n) is 3.67. The number of carbonyl (C=O) groups excluding carboxylic acids is 2. The molecule has 0 aliphatic carbocycles. The number of carboxylic acid groups (broad SMARTS) is 1. The standard InChI is InChI=1S/C23H30N2O5/c1-6-16-13-14-18(21(27)28)25(16)20(26)19(24-22(29)30-23(3,4)5)17(7-2)15-11-9-8-10-12-15/h6-12,16-19H,1-2,13-14H2,3-5H3,(H,24,29)(H,27,28)/t16-,17-,18-,19-/m0/s1. The number of hydrogen-bond donors (Lipinski definition) is 2. The number of benzene rings is 1. The first-order valence-electron chi connectivity index (χ1n) is 9.93. The minimum Gasteiger partial charge on any atom is -0.480 e. The predicted octanol–water partition coefficient (Wildman–Crippen LogP) is 3.48. The third kappa shape index (κ3) is 5.49. The van der Waals surface area contributed by atoms with E-state index in [4.69, 9.17) is 4.74 Å². The van der Waals surface area contributed by atoms with Crippen molar-refractivity contribution in [2.24, 2.45) is 0 Å².